The van der Waals surface area contributed by atoms with Crippen LogP contribution in [0.4, 0.5) is 10.1 Å². The number of hydrogen-bond donors (Lipinski definition) is 1. The van der Waals surface area contributed by atoms with E-state index in [1.807, 2.05) is 18.2 Å². The molecule has 0 saturated heterocycles. The van der Waals surface area contributed by atoms with Crippen LogP contribution in [-0.4, -0.2) is 44.0 Å². The molecule has 2 rings (SSSR count). The molecular formula is C20H26FN3O. The van der Waals surface area contributed by atoms with Gasteiger partial charge in [0.1, 0.15) is 5.82 Å². The van der Waals surface area contributed by atoms with Gasteiger partial charge in [0.2, 0.25) is 5.91 Å². The summed E-state index contributed by atoms with van der Waals surface area (Å²) in [5.41, 5.74) is 2.06. The number of halogens is 1. The lowest BCUT2D eigenvalue weighted by molar-refractivity contribution is -0.122. The molecule has 0 atom stereocenters. The molecule has 0 bridgehead atoms. The van der Waals surface area contributed by atoms with Gasteiger partial charge in [0.05, 0.1) is 6.54 Å². The number of carbonyl (C=O) groups excluding carboxylic acids is 1. The fraction of sp³-hybridized carbons (Fsp3) is 0.350. The minimum atomic E-state index is -0.269. The second-order valence-corrected chi connectivity index (χ2v) is 6.03. The Kier molecular flexibility index (Phi) is 7.41. The Morgan fingerprint density at radius 3 is 2.36 bits per heavy atom. The molecule has 0 aromatic heterocycles. The van der Waals surface area contributed by atoms with Crippen molar-refractivity contribution in [3.8, 4) is 0 Å². The van der Waals surface area contributed by atoms with Crippen molar-refractivity contribution in [1.82, 2.24) is 10.2 Å². The minimum absolute atomic E-state index is 0.0199. The maximum atomic E-state index is 12.9. The average molecular weight is 343 g/mol. The van der Waals surface area contributed by atoms with Gasteiger partial charge < -0.3 is 10.2 Å². The van der Waals surface area contributed by atoms with Crippen LogP contribution in [0.2, 0.25) is 0 Å². The molecule has 134 valence electrons. The van der Waals surface area contributed by atoms with Crippen molar-refractivity contribution in [1.29, 1.82) is 0 Å². The zero-order chi connectivity index (χ0) is 18.1. The highest BCUT2D eigenvalue weighted by molar-refractivity contribution is 5.78. The predicted molar refractivity (Wildman–Crippen MR) is 100 cm³/mol. The number of para-hydroxylation sites is 1. The third-order valence-electron chi connectivity index (χ3n) is 4.17. The van der Waals surface area contributed by atoms with Crippen LogP contribution in [0.15, 0.2) is 54.6 Å². The Balaban J connectivity index is 1.74. The molecule has 0 aliphatic rings. The molecule has 0 unspecified atom stereocenters. The molecule has 4 nitrogen and oxygen atoms in total. The van der Waals surface area contributed by atoms with Crippen molar-refractivity contribution in [3.05, 3.63) is 66.0 Å². The van der Waals surface area contributed by atoms with Crippen molar-refractivity contribution < 1.29 is 9.18 Å². The van der Waals surface area contributed by atoms with Gasteiger partial charge >= 0.3 is 0 Å². The van der Waals surface area contributed by atoms with Crippen LogP contribution in [0.25, 0.3) is 0 Å². The molecule has 1 N–H and O–H groups in total. The molecule has 0 heterocycles. The number of hydrogen-bond acceptors (Lipinski definition) is 3. The number of rotatable bonds is 9. The number of anilines is 1. The van der Waals surface area contributed by atoms with Crippen molar-refractivity contribution >= 4 is 11.6 Å². The van der Waals surface area contributed by atoms with Gasteiger partial charge in [-0.3, -0.25) is 9.69 Å². The lowest BCUT2D eigenvalue weighted by Gasteiger charge is -2.25. The lowest BCUT2D eigenvalue weighted by Crippen LogP contribution is -2.40. The summed E-state index contributed by atoms with van der Waals surface area (Å²) >= 11 is 0. The molecule has 0 fully saturated rings. The Hall–Kier alpha value is -2.40. The van der Waals surface area contributed by atoms with Gasteiger partial charge in [-0.25, -0.2) is 4.39 Å². The van der Waals surface area contributed by atoms with Crippen LogP contribution in [-0.2, 0) is 11.3 Å². The highest BCUT2D eigenvalue weighted by atomic mass is 19.1. The van der Waals surface area contributed by atoms with E-state index in [4.69, 9.17) is 0 Å². The molecule has 5 heteroatoms. The van der Waals surface area contributed by atoms with Crippen LogP contribution >= 0.6 is 0 Å². The first-order valence-electron chi connectivity index (χ1n) is 8.58. The Morgan fingerprint density at radius 1 is 1.04 bits per heavy atom. The first kappa shape index (κ1) is 18.9. The normalized spacial score (nSPS) is 10.7. The number of likely N-dealkylation sites (N-methyl/N-ethyl adjacent to an activating group) is 2. The molecule has 0 aliphatic carbocycles. The van der Waals surface area contributed by atoms with Gasteiger partial charge in [-0.15, -0.1) is 0 Å². The maximum Gasteiger partial charge on any atom is 0.234 e. The SMILES string of the molecule is CCN(CCN(C)c1ccccc1)CC(=O)NCc1ccc(F)cc1. The molecule has 0 spiro atoms. The van der Waals surface area contributed by atoms with Crippen LogP contribution in [0, 0.1) is 5.82 Å². The van der Waals surface area contributed by atoms with E-state index < -0.39 is 0 Å². The molecule has 0 aliphatic heterocycles. The summed E-state index contributed by atoms with van der Waals surface area (Å²) in [4.78, 5) is 16.4. The predicted octanol–water partition coefficient (Wildman–Crippen LogP) is 2.90. The van der Waals surface area contributed by atoms with Gasteiger partial charge in [0.15, 0.2) is 0 Å². The highest BCUT2D eigenvalue weighted by Crippen LogP contribution is 2.10. The van der Waals surface area contributed by atoms with Crippen LogP contribution in [0.5, 0.6) is 0 Å². The average Bonchev–Trinajstić information content (AvgIpc) is 2.65. The second kappa shape index (κ2) is 9.79. The van der Waals surface area contributed by atoms with E-state index in [2.05, 4.69) is 41.2 Å². The fourth-order valence-corrected chi connectivity index (χ4v) is 2.51. The number of benzene rings is 2. The number of amides is 1. The Morgan fingerprint density at radius 2 is 1.72 bits per heavy atom. The fourth-order valence-electron chi connectivity index (χ4n) is 2.51. The van der Waals surface area contributed by atoms with E-state index in [1.165, 1.54) is 17.8 Å². The highest BCUT2D eigenvalue weighted by Gasteiger charge is 2.10. The number of nitrogens with one attached hydrogen (secondary N) is 1. The monoisotopic (exact) mass is 343 g/mol. The van der Waals surface area contributed by atoms with Crippen molar-refractivity contribution in [2.45, 2.75) is 13.5 Å². The summed E-state index contributed by atoms with van der Waals surface area (Å²) in [5, 5.41) is 2.89. The van der Waals surface area contributed by atoms with Crippen LogP contribution in [0.1, 0.15) is 12.5 Å². The van der Waals surface area contributed by atoms with Crippen LogP contribution < -0.4 is 10.2 Å². The third-order valence-corrected chi connectivity index (χ3v) is 4.17. The van der Waals surface area contributed by atoms with E-state index in [0.29, 0.717) is 13.1 Å². The molecule has 25 heavy (non-hydrogen) atoms. The first-order valence-corrected chi connectivity index (χ1v) is 8.58. The zero-order valence-corrected chi connectivity index (χ0v) is 14.9. The largest absolute Gasteiger partial charge is 0.373 e. The Labute approximate surface area is 149 Å². The number of carbonyl (C=O) groups is 1. The summed E-state index contributed by atoms with van der Waals surface area (Å²) in [7, 11) is 2.05. The van der Waals surface area contributed by atoms with E-state index in [-0.39, 0.29) is 11.7 Å². The molecule has 2 aromatic carbocycles. The van der Waals surface area contributed by atoms with E-state index >= 15 is 0 Å². The minimum Gasteiger partial charge on any atom is -0.373 e. The molecule has 0 saturated carbocycles. The van der Waals surface area contributed by atoms with Gasteiger partial charge in [0.25, 0.3) is 0 Å². The molecule has 1 amide bonds. The molecular weight excluding hydrogens is 317 g/mol. The van der Waals surface area contributed by atoms with Crippen LogP contribution in [0.3, 0.4) is 0 Å². The van der Waals surface area contributed by atoms with Crippen molar-refractivity contribution in [2.24, 2.45) is 0 Å². The standard InChI is InChI=1S/C20H26FN3O/c1-3-24(14-13-23(2)19-7-5-4-6-8-19)16-20(25)22-15-17-9-11-18(21)12-10-17/h4-12H,3,13-16H2,1-2H3,(H,22,25). The smallest absolute Gasteiger partial charge is 0.234 e. The van der Waals surface area contributed by atoms with Gasteiger partial charge in [-0.05, 0) is 36.4 Å². The molecule has 2 aromatic rings. The Bertz CT molecular complexity index is 646. The summed E-state index contributed by atoms with van der Waals surface area (Å²) in [6, 6.07) is 16.4. The topological polar surface area (TPSA) is 35.6 Å². The van der Waals surface area contributed by atoms with Crippen molar-refractivity contribution in [2.75, 3.05) is 38.1 Å². The summed E-state index contributed by atoms with van der Waals surface area (Å²) in [6.07, 6.45) is 0. The third kappa shape index (κ3) is 6.55. The summed E-state index contributed by atoms with van der Waals surface area (Å²) in [6.45, 7) is 5.30. The summed E-state index contributed by atoms with van der Waals surface area (Å²) in [5.74, 6) is -0.289. The first-order chi connectivity index (χ1) is 12.1. The lowest BCUT2D eigenvalue weighted by atomic mass is 10.2. The van der Waals surface area contributed by atoms with E-state index in [9.17, 15) is 9.18 Å². The van der Waals surface area contributed by atoms with Gasteiger partial charge in [-0.1, -0.05) is 37.3 Å². The quantitative estimate of drug-likeness (QED) is 0.760. The number of nitrogens with zero attached hydrogens (tertiary/aromatic N) is 2. The van der Waals surface area contributed by atoms with Gasteiger partial charge in [0, 0.05) is 32.4 Å². The molecule has 0 radical (unpaired) electrons. The zero-order valence-electron chi connectivity index (χ0n) is 14.9. The van der Waals surface area contributed by atoms with E-state index in [0.717, 1.165) is 25.2 Å². The second-order valence-electron chi connectivity index (χ2n) is 6.03. The van der Waals surface area contributed by atoms with Gasteiger partial charge in [-0.2, -0.15) is 0 Å². The maximum absolute atomic E-state index is 12.9. The summed E-state index contributed by atoms with van der Waals surface area (Å²) < 4.78 is 12.9. The van der Waals surface area contributed by atoms with Crippen molar-refractivity contribution in [3.63, 3.8) is 0 Å². The van der Waals surface area contributed by atoms with E-state index in [1.54, 1.807) is 12.1 Å².